The fourth-order valence-corrected chi connectivity index (χ4v) is 3.08. The first-order chi connectivity index (χ1) is 9.64. The van der Waals surface area contributed by atoms with E-state index < -0.39 is 0 Å². The first-order valence-electron chi connectivity index (χ1n) is 7.26. The molecule has 1 fully saturated rings. The Labute approximate surface area is 126 Å². The number of hydrogen-bond acceptors (Lipinski definition) is 3. The molecule has 3 nitrogen and oxygen atoms in total. The highest BCUT2D eigenvalue weighted by Gasteiger charge is 2.39. The van der Waals surface area contributed by atoms with Gasteiger partial charge in [0.1, 0.15) is 5.75 Å². The maximum atomic E-state index is 6.11. The first kappa shape index (κ1) is 15.6. The third kappa shape index (κ3) is 3.27. The van der Waals surface area contributed by atoms with E-state index in [1.807, 2.05) is 19.2 Å². The molecule has 0 heterocycles. The summed E-state index contributed by atoms with van der Waals surface area (Å²) in [6, 6.07) is 6.27. The third-order valence-corrected chi connectivity index (χ3v) is 4.61. The second-order valence-electron chi connectivity index (χ2n) is 5.45. The molecule has 0 aliphatic heterocycles. The molecule has 0 saturated heterocycles. The largest absolute Gasteiger partial charge is 0.495 e. The minimum atomic E-state index is 0.0414. The molecular weight excluding hydrogens is 274 g/mol. The van der Waals surface area contributed by atoms with E-state index in [-0.39, 0.29) is 11.6 Å². The van der Waals surface area contributed by atoms with Gasteiger partial charge in [0.05, 0.1) is 17.7 Å². The maximum absolute atomic E-state index is 6.11. The van der Waals surface area contributed by atoms with Crippen molar-refractivity contribution < 1.29 is 9.47 Å². The summed E-state index contributed by atoms with van der Waals surface area (Å²) in [6.45, 7) is 3.05. The van der Waals surface area contributed by atoms with E-state index in [1.165, 1.54) is 12.0 Å². The molecule has 1 aromatic carbocycles. The molecule has 1 aliphatic carbocycles. The van der Waals surface area contributed by atoms with Gasteiger partial charge in [0.2, 0.25) is 0 Å². The van der Waals surface area contributed by atoms with Crippen LogP contribution < -0.4 is 10.1 Å². The van der Waals surface area contributed by atoms with Crippen LogP contribution >= 0.6 is 11.6 Å². The van der Waals surface area contributed by atoms with Crippen LogP contribution in [-0.2, 0) is 4.74 Å². The average Bonchev–Trinajstić information content (AvgIpc) is 2.42. The summed E-state index contributed by atoms with van der Waals surface area (Å²) >= 11 is 6.11. The van der Waals surface area contributed by atoms with Crippen LogP contribution in [0.2, 0.25) is 5.02 Å². The zero-order valence-electron chi connectivity index (χ0n) is 12.5. The summed E-state index contributed by atoms with van der Waals surface area (Å²) in [6.07, 6.45) is 4.55. The predicted octanol–water partition coefficient (Wildman–Crippen LogP) is 3.96. The summed E-state index contributed by atoms with van der Waals surface area (Å²) < 4.78 is 11.1. The van der Waals surface area contributed by atoms with Crippen molar-refractivity contribution in [3.8, 4) is 5.75 Å². The molecule has 112 valence electrons. The van der Waals surface area contributed by atoms with Crippen LogP contribution in [0.25, 0.3) is 0 Å². The highest BCUT2D eigenvalue weighted by Crippen LogP contribution is 2.42. The number of hydrogen-bond donors (Lipinski definition) is 1. The molecule has 2 rings (SSSR count). The molecule has 1 saturated carbocycles. The standard InChI is InChI=1S/C16H24ClNO2/c1-4-18-14(11-16(20-3)8-5-9-16)12-6-7-13(17)15(10-12)19-2/h6-7,10,14,18H,4-5,8-9,11H2,1-3H3. The second kappa shape index (κ2) is 6.79. The normalized spacial score (nSPS) is 18.4. The van der Waals surface area contributed by atoms with Crippen molar-refractivity contribution in [1.29, 1.82) is 0 Å². The molecule has 20 heavy (non-hydrogen) atoms. The van der Waals surface area contributed by atoms with Crippen LogP contribution in [0.3, 0.4) is 0 Å². The molecule has 0 bridgehead atoms. The quantitative estimate of drug-likeness (QED) is 0.826. The lowest BCUT2D eigenvalue weighted by Crippen LogP contribution is -2.42. The van der Waals surface area contributed by atoms with Crippen molar-refractivity contribution in [2.24, 2.45) is 0 Å². The van der Waals surface area contributed by atoms with Crippen LogP contribution in [0.5, 0.6) is 5.75 Å². The van der Waals surface area contributed by atoms with Crippen LogP contribution in [0.1, 0.15) is 44.2 Å². The molecule has 0 radical (unpaired) electrons. The molecule has 1 aromatic rings. The van der Waals surface area contributed by atoms with Crippen LogP contribution in [0.4, 0.5) is 0 Å². The number of halogens is 1. The van der Waals surface area contributed by atoms with Crippen molar-refractivity contribution in [1.82, 2.24) is 5.32 Å². The zero-order chi connectivity index (χ0) is 14.6. The van der Waals surface area contributed by atoms with E-state index in [1.54, 1.807) is 7.11 Å². The van der Waals surface area contributed by atoms with Gasteiger partial charge in [0.15, 0.2) is 0 Å². The molecule has 0 spiro atoms. The van der Waals surface area contributed by atoms with Gasteiger partial charge in [-0.25, -0.2) is 0 Å². The Kier molecular flexibility index (Phi) is 5.30. The average molecular weight is 298 g/mol. The summed E-state index contributed by atoms with van der Waals surface area (Å²) in [4.78, 5) is 0. The highest BCUT2D eigenvalue weighted by atomic mass is 35.5. The van der Waals surface area contributed by atoms with Crippen molar-refractivity contribution in [3.05, 3.63) is 28.8 Å². The van der Waals surface area contributed by atoms with Crippen LogP contribution in [-0.4, -0.2) is 26.4 Å². The molecular formula is C16H24ClNO2. The Morgan fingerprint density at radius 2 is 2.10 bits per heavy atom. The lowest BCUT2D eigenvalue weighted by molar-refractivity contribution is -0.0837. The number of ether oxygens (including phenoxy) is 2. The van der Waals surface area contributed by atoms with Crippen LogP contribution in [0.15, 0.2) is 18.2 Å². The molecule has 1 atom stereocenters. The topological polar surface area (TPSA) is 30.5 Å². The second-order valence-corrected chi connectivity index (χ2v) is 5.86. The fraction of sp³-hybridized carbons (Fsp3) is 0.625. The van der Waals surface area contributed by atoms with Crippen molar-refractivity contribution in [2.45, 2.75) is 44.2 Å². The Morgan fingerprint density at radius 1 is 1.35 bits per heavy atom. The van der Waals surface area contributed by atoms with Gasteiger partial charge in [-0.15, -0.1) is 0 Å². The van der Waals surface area contributed by atoms with Gasteiger partial charge in [0, 0.05) is 13.2 Å². The number of nitrogens with one attached hydrogen (secondary N) is 1. The lowest BCUT2D eigenvalue weighted by atomic mass is 9.74. The predicted molar refractivity (Wildman–Crippen MR) is 82.6 cm³/mol. The van der Waals surface area contributed by atoms with E-state index >= 15 is 0 Å². The van der Waals surface area contributed by atoms with Crippen LogP contribution in [0, 0.1) is 0 Å². The van der Waals surface area contributed by atoms with Gasteiger partial charge in [-0.2, -0.15) is 0 Å². The van der Waals surface area contributed by atoms with E-state index in [4.69, 9.17) is 21.1 Å². The maximum Gasteiger partial charge on any atom is 0.137 e. The van der Waals surface area contributed by atoms with Crippen molar-refractivity contribution >= 4 is 11.6 Å². The monoisotopic (exact) mass is 297 g/mol. The minimum absolute atomic E-state index is 0.0414. The SMILES string of the molecule is CCNC(CC1(OC)CCC1)c1ccc(Cl)c(OC)c1. The van der Waals surface area contributed by atoms with E-state index in [2.05, 4.69) is 18.3 Å². The third-order valence-electron chi connectivity index (χ3n) is 4.30. The molecule has 0 aromatic heterocycles. The first-order valence-corrected chi connectivity index (χ1v) is 7.64. The van der Waals surface area contributed by atoms with Gasteiger partial charge >= 0.3 is 0 Å². The summed E-state index contributed by atoms with van der Waals surface area (Å²) in [7, 11) is 3.47. The molecule has 4 heteroatoms. The van der Waals surface area contributed by atoms with Gasteiger partial charge < -0.3 is 14.8 Å². The van der Waals surface area contributed by atoms with Gasteiger partial charge in [-0.1, -0.05) is 24.6 Å². The van der Waals surface area contributed by atoms with Gasteiger partial charge in [-0.3, -0.25) is 0 Å². The molecule has 0 amide bonds. The summed E-state index contributed by atoms with van der Waals surface area (Å²) in [5.74, 6) is 0.729. The number of methoxy groups -OCH3 is 2. The van der Waals surface area contributed by atoms with Crippen molar-refractivity contribution in [2.75, 3.05) is 20.8 Å². The van der Waals surface area contributed by atoms with E-state index in [0.29, 0.717) is 5.02 Å². The minimum Gasteiger partial charge on any atom is -0.495 e. The Hall–Kier alpha value is -0.770. The van der Waals surface area contributed by atoms with E-state index in [9.17, 15) is 0 Å². The highest BCUT2D eigenvalue weighted by molar-refractivity contribution is 6.32. The number of rotatable bonds is 7. The van der Waals surface area contributed by atoms with E-state index in [0.717, 1.165) is 31.6 Å². The Bertz CT molecular complexity index is 441. The fourth-order valence-electron chi connectivity index (χ4n) is 2.88. The Morgan fingerprint density at radius 3 is 2.60 bits per heavy atom. The molecule has 1 N–H and O–H groups in total. The van der Waals surface area contributed by atoms with Gasteiger partial charge in [-0.05, 0) is 49.9 Å². The Balaban J connectivity index is 2.19. The lowest BCUT2D eigenvalue weighted by Gasteiger charge is -2.43. The molecule has 1 unspecified atom stereocenters. The number of benzene rings is 1. The van der Waals surface area contributed by atoms with Crippen molar-refractivity contribution in [3.63, 3.8) is 0 Å². The molecule has 1 aliphatic rings. The smallest absolute Gasteiger partial charge is 0.137 e. The zero-order valence-corrected chi connectivity index (χ0v) is 13.3. The summed E-state index contributed by atoms with van der Waals surface area (Å²) in [5, 5.41) is 4.20. The summed E-state index contributed by atoms with van der Waals surface area (Å²) in [5.41, 5.74) is 1.25. The van der Waals surface area contributed by atoms with Gasteiger partial charge in [0.25, 0.3) is 0 Å².